The van der Waals surface area contributed by atoms with Crippen molar-refractivity contribution in [3.63, 3.8) is 0 Å². The van der Waals surface area contributed by atoms with E-state index in [-0.39, 0.29) is 5.41 Å². The average molecular weight is 213 g/mol. The Morgan fingerprint density at radius 2 is 2.12 bits per heavy atom. The van der Waals surface area contributed by atoms with Crippen LogP contribution in [0.1, 0.15) is 44.2 Å². The highest BCUT2D eigenvalue weighted by molar-refractivity contribution is 5.43. The predicted octanol–water partition coefficient (Wildman–Crippen LogP) is 3.83. The van der Waals surface area contributed by atoms with Crippen LogP contribution in [0.15, 0.2) is 24.3 Å². The van der Waals surface area contributed by atoms with Gasteiger partial charge in [-0.15, -0.1) is 0 Å². The standard InChI is InChI=1S/C15H19N/c1-12(2)7-9-15(11-16)10-8-13-5-3-4-6-14(13)15/h3-6,12H,7-10H2,1-2H3. The summed E-state index contributed by atoms with van der Waals surface area (Å²) < 4.78 is 0. The Morgan fingerprint density at radius 1 is 1.38 bits per heavy atom. The van der Waals surface area contributed by atoms with Gasteiger partial charge in [0.15, 0.2) is 0 Å². The van der Waals surface area contributed by atoms with Crippen molar-refractivity contribution in [2.24, 2.45) is 5.92 Å². The maximum absolute atomic E-state index is 9.53. The van der Waals surface area contributed by atoms with Crippen molar-refractivity contribution in [3.05, 3.63) is 35.4 Å². The van der Waals surface area contributed by atoms with Gasteiger partial charge in [-0.1, -0.05) is 38.1 Å². The van der Waals surface area contributed by atoms with Gasteiger partial charge in [-0.25, -0.2) is 0 Å². The summed E-state index contributed by atoms with van der Waals surface area (Å²) in [6.07, 6.45) is 4.23. The van der Waals surface area contributed by atoms with Gasteiger partial charge in [-0.2, -0.15) is 5.26 Å². The minimum Gasteiger partial charge on any atom is -0.197 e. The van der Waals surface area contributed by atoms with E-state index in [0.29, 0.717) is 5.92 Å². The van der Waals surface area contributed by atoms with Crippen LogP contribution in [0.5, 0.6) is 0 Å². The third-order valence-corrected chi connectivity index (χ3v) is 3.72. The van der Waals surface area contributed by atoms with Gasteiger partial charge < -0.3 is 0 Å². The SMILES string of the molecule is CC(C)CCC1(C#N)CCc2ccccc21. The lowest BCUT2D eigenvalue weighted by Gasteiger charge is -2.23. The molecule has 0 bridgehead atoms. The minimum absolute atomic E-state index is 0.194. The van der Waals surface area contributed by atoms with Crippen LogP contribution in [-0.2, 0) is 11.8 Å². The lowest BCUT2D eigenvalue weighted by atomic mass is 9.78. The number of nitriles is 1. The van der Waals surface area contributed by atoms with Crippen molar-refractivity contribution in [1.29, 1.82) is 5.26 Å². The molecular weight excluding hydrogens is 194 g/mol. The Balaban J connectivity index is 2.28. The molecule has 0 amide bonds. The molecule has 1 aliphatic carbocycles. The Morgan fingerprint density at radius 3 is 2.81 bits per heavy atom. The summed E-state index contributed by atoms with van der Waals surface area (Å²) in [4.78, 5) is 0. The fraction of sp³-hybridized carbons (Fsp3) is 0.533. The van der Waals surface area contributed by atoms with E-state index >= 15 is 0 Å². The average Bonchev–Trinajstić information content (AvgIpc) is 2.66. The normalized spacial score (nSPS) is 23.1. The van der Waals surface area contributed by atoms with E-state index in [1.165, 1.54) is 11.1 Å². The van der Waals surface area contributed by atoms with Gasteiger partial charge in [0.05, 0.1) is 11.5 Å². The van der Waals surface area contributed by atoms with Crippen LogP contribution in [0.4, 0.5) is 0 Å². The highest BCUT2D eigenvalue weighted by atomic mass is 14.4. The number of rotatable bonds is 3. The summed E-state index contributed by atoms with van der Waals surface area (Å²) in [5.74, 6) is 0.679. The van der Waals surface area contributed by atoms with Crippen LogP contribution in [0, 0.1) is 17.2 Å². The number of hydrogen-bond acceptors (Lipinski definition) is 1. The monoisotopic (exact) mass is 213 g/mol. The summed E-state index contributed by atoms with van der Waals surface area (Å²) in [6.45, 7) is 4.46. The molecule has 0 radical (unpaired) electrons. The molecule has 16 heavy (non-hydrogen) atoms. The molecule has 0 fully saturated rings. The number of aryl methyl sites for hydroxylation is 1. The molecule has 84 valence electrons. The lowest BCUT2D eigenvalue weighted by Crippen LogP contribution is -2.21. The summed E-state index contributed by atoms with van der Waals surface area (Å²) in [5.41, 5.74) is 2.48. The zero-order valence-electron chi connectivity index (χ0n) is 10.2. The van der Waals surface area contributed by atoms with Crippen molar-refractivity contribution < 1.29 is 0 Å². The zero-order valence-corrected chi connectivity index (χ0v) is 10.2. The lowest BCUT2D eigenvalue weighted by molar-refractivity contribution is 0.430. The van der Waals surface area contributed by atoms with Crippen molar-refractivity contribution in [2.45, 2.75) is 44.9 Å². The molecule has 1 aromatic rings. The maximum atomic E-state index is 9.53. The molecule has 1 unspecified atom stereocenters. The molecule has 0 aliphatic heterocycles. The van der Waals surface area contributed by atoms with Crippen molar-refractivity contribution in [2.75, 3.05) is 0 Å². The molecule has 1 aromatic carbocycles. The highest BCUT2D eigenvalue weighted by Crippen LogP contribution is 2.42. The Bertz CT molecular complexity index is 414. The van der Waals surface area contributed by atoms with Gasteiger partial charge in [-0.05, 0) is 42.7 Å². The number of hydrogen-bond donors (Lipinski definition) is 0. The quantitative estimate of drug-likeness (QED) is 0.748. The van der Waals surface area contributed by atoms with E-state index in [4.69, 9.17) is 0 Å². The second kappa shape index (κ2) is 4.29. The third-order valence-electron chi connectivity index (χ3n) is 3.72. The fourth-order valence-electron chi connectivity index (χ4n) is 2.65. The number of nitrogens with zero attached hydrogens (tertiary/aromatic N) is 1. The molecule has 0 spiro atoms. The van der Waals surface area contributed by atoms with Crippen molar-refractivity contribution in [3.8, 4) is 6.07 Å². The smallest absolute Gasteiger partial charge is 0.0828 e. The van der Waals surface area contributed by atoms with Crippen LogP contribution in [0.3, 0.4) is 0 Å². The van der Waals surface area contributed by atoms with Gasteiger partial charge in [0.1, 0.15) is 0 Å². The van der Waals surface area contributed by atoms with E-state index < -0.39 is 0 Å². The highest BCUT2D eigenvalue weighted by Gasteiger charge is 2.38. The first-order valence-electron chi connectivity index (χ1n) is 6.17. The van der Waals surface area contributed by atoms with E-state index in [2.05, 4.69) is 44.2 Å². The first-order valence-corrected chi connectivity index (χ1v) is 6.17. The van der Waals surface area contributed by atoms with Gasteiger partial charge >= 0.3 is 0 Å². The number of benzene rings is 1. The van der Waals surface area contributed by atoms with Gasteiger partial charge in [0.2, 0.25) is 0 Å². The second-order valence-electron chi connectivity index (χ2n) is 5.28. The summed E-state index contributed by atoms with van der Waals surface area (Å²) in [7, 11) is 0. The van der Waals surface area contributed by atoms with Gasteiger partial charge in [-0.3, -0.25) is 0 Å². The molecule has 0 heterocycles. The van der Waals surface area contributed by atoms with Crippen molar-refractivity contribution >= 4 is 0 Å². The second-order valence-corrected chi connectivity index (χ2v) is 5.28. The van der Waals surface area contributed by atoms with Gasteiger partial charge in [0, 0.05) is 0 Å². The van der Waals surface area contributed by atoms with Crippen LogP contribution in [-0.4, -0.2) is 0 Å². The minimum atomic E-state index is -0.194. The molecule has 0 N–H and O–H groups in total. The predicted molar refractivity (Wildman–Crippen MR) is 66.1 cm³/mol. The summed E-state index contributed by atoms with van der Waals surface area (Å²) in [5, 5.41) is 9.53. The first kappa shape index (κ1) is 11.2. The van der Waals surface area contributed by atoms with E-state index in [1.807, 2.05) is 0 Å². The number of fused-ring (bicyclic) bond motifs is 1. The topological polar surface area (TPSA) is 23.8 Å². The Hall–Kier alpha value is -1.29. The van der Waals surface area contributed by atoms with Gasteiger partial charge in [0.25, 0.3) is 0 Å². The van der Waals surface area contributed by atoms with E-state index in [1.54, 1.807) is 0 Å². The molecule has 0 saturated heterocycles. The summed E-state index contributed by atoms with van der Waals surface area (Å²) in [6, 6.07) is 11.0. The molecule has 0 saturated carbocycles. The van der Waals surface area contributed by atoms with Crippen LogP contribution in [0.25, 0.3) is 0 Å². The van der Waals surface area contributed by atoms with Crippen LogP contribution >= 0.6 is 0 Å². The Labute approximate surface area is 98.1 Å². The Kier molecular flexibility index (Phi) is 3.01. The molecular formula is C15H19N. The summed E-state index contributed by atoms with van der Waals surface area (Å²) >= 11 is 0. The largest absolute Gasteiger partial charge is 0.197 e. The van der Waals surface area contributed by atoms with Crippen LogP contribution in [0.2, 0.25) is 0 Å². The molecule has 1 heteroatoms. The van der Waals surface area contributed by atoms with Crippen molar-refractivity contribution in [1.82, 2.24) is 0 Å². The molecule has 1 atom stereocenters. The van der Waals surface area contributed by atoms with Crippen LogP contribution < -0.4 is 0 Å². The molecule has 1 nitrogen and oxygen atoms in total. The maximum Gasteiger partial charge on any atom is 0.0828 e. The van der Waals surface area contributed by atoms with E-state index in [9.17, 15) is 5.26 Å². The molecule has 2 rings (SSSR count). The van der Waals surface area contributed by atoms with E-state index in [0.717, 1.165) is 25.7 Å². The third kappa shape index (κ3) is 1.85. The zero-order chi connectivity index (χ0) is 11.6. The fourth-order valence-corrected chi connectivity index (χ4v) is 2.65. The molecule has 1 aliphatic rings. The first-order chi connectivity index (χ1) is 7.68. The molecule has 0 aromatic heterocycles.